The zero-order valence-electron chi connectivity index (χ0n) is 25.9. The third kappa shape index (κ3) is 8.63. The minimum Gasteiger partial charge on any atom is -0.497 e. The number of benzene rings is 4. The lowest BCUT2D eigenvalue weighted by Crippen LogP contribution is -2.52. The van der Waals surface area contributed by atoms with Gasteiger partial charge in [0.05, 0.1) is 17.7 Å². The number of anilines is 1. The van der Waals surface area contributed by atoms with E-state index >= 15 is 0 Å². The van der Waals surface area contributed by atoms with Gasteiger partial charge in [0.25, 0.3) is 10.0 Å². The molecule has 9 nitrogen and oxygen atoms in total. The average molecular weight is 630 g/mol. The zero-order chi connectivity index (χ0) is 32.4. The molecule has 4 rings (SSSR count). The second-order valence-corrected chi connectivity index (χ2v) is 12.5. The molecule has 0 aromatic heterocycles. The topological polar surface area (TPSA) is 105 Å². The van der Waals surface area contributed by atoms with E-state index in [0.29, 0.717) is 17.2 Å². The number of rotatable bonds is 14. The molecular weight excluding hydrogens is 590 g/mol. The first-order chi connectivity index (χ1) is 21.6. The first-order valence-electron chi connectivity index (χ1n) is 14.8. The molecule has 0 aliphatic carbocycles. The smallest absolute Gasteiger partial charge is 0.264 e. The van der Waals surface area contributed by atoms with E-state index < -0.39 is 28.5 Å². The Labute approximate surface area is 265 Å². The largest absolute Gasteiger partial charge is 0.497 e. The molecule has 4 aromatic rings. The molecule has 2 atom stereocenters. The monoisotopic (exact) mass is 629 g/mol. The number of para-hydroxylation sites is 1. The van der Waals surface area contributed by atoms with E-state index in [1.165, 1.54) is 17.0 Å². The predicted molar refractivity (Wildman–Crippen MR) is 175 cm³/mol. The molecule has 0 radical (unpaired) electrons. The van der Waals surface area contributed by atoms with Gasteiger partial charge in [-0.3, -0.25) is 13.9 Å². The number of methoxy groups -OCH3 is 1. The third-order valence-corrected chi connectivity index (χ3v) is 9.18. The van der Waals surface area contributed by atoms with Gasteiger partial charge < -0.3 is 19.7 Å². The SMILES string of the molecule is CC[C@H](C)NC(=O)[C@H](C)N(Cc1ccc(OC)cc1)C(=O)CN(c1ccc(Oc2ccccc2)cc1)S(=O)(=O)c1ccccc1. The number of nitrogens with one attached hydrogen (secondary N) is 1. The van der Waals surface area contributed by atoms with E-state index in [9.17, 15) is 18.0 Å². The maximum absolute atomic E-state index is 14.1. The standard InChI is InChI=1S/C35H39N3O6S/c1-5-26(2)36-35(40)27(3)37(24-28-16-20-30(43-4)21-17-28)34(39)25-38(45(41,42)33-14-10-7-11-15-33)29-18-22-32(23-19-29)44-31-12-8-6-9-13-31/h6-23,26-27H,5,24-25H2,1-4H3,(H,36,40)/t26-,27-/m0/s1. The molecule has 0 saturated heterocycles. The Morgan fingerprint density at radius 3 is 1.91 bits per heavy atom. The van der Waals surface area contributed by atoms with E-state index in [-0.39, 0.29) is 29.1 Å². The molecular formula is C35H39N3O6S. The van der Waals surface area contributed by atoms with Crippen LogP contribution in [-0.2, 0) is 26.2 Å². The van der Waals surface area contributed by atoms with Crippen LogP contribution in [0.15, 0.2) is 114 Å². The normalized spacial score (nSPS) is 12.4. The summed E-state index contributed by atoms with van der Waals surface area (Å²) >= 11 is 0. The van der Waals surface area contributed by atoms with Crippen LogP contribution in [0.5, 0.6) is 17.2 Å². The molecule has 2 amide bonds. The summed E-state index contributed by atoms with van der Waals surface area (Å²) < 4.78 is 40.2. The van der Waals surface area contributed by atoms with Crippen molar-refractivity contribution in [2.45, 2.75) is 50.7 Å². The number of ether oxygens (including phenoxy) is 2. The fourth-order valence-electron chi connectivity index (χ4n) is 4.53. The summed E-state index contributed by atoms with van der Waals surface area (Å²) in [5.41, 5.74) is 1.03. The molecule has 0 heterocycles. The molecule has 0 bridgehead atoms. The predicted octanol–water partition coefficient (Wildman–Crippen LogP) is 6.01. The fourth-order valence-corrected chi connectivity index (χ4v) is 5.96. The second kappa shape index (κ2) is 15.3. The van der Waals surface area contributed by atoms with E-state index in [1.807, 2.05) is 56.3 Å². The Balaban J connectivity index is 1.68. The Kier molecular flexibility index (Phi) is 11.2. The van der Waals surface area contributed by atoms with E-state index in [4.69, 9.17) is 9.47 Å². The summed E-state index contributed by atoms with van der Waals surface area (Å²) in [6.45, 7) is 5.04. The van der Waals surface area contributed by atoms with Gasteiger partial charge in [-0.1, -0.05) is 55.5 Å². The number of carbonyl (C=O) groups excluding carboxylic acids is 2. The van der Waals surface area contributed by atoms with Gasteiger partial charge in [0.15, 0.2) is 0 Å². The minimum atomic E-state index is -4.18. The van der Waals surface area contributed by atoms with Crippen molar-refractivity contribution in [3.05, 3.63) is 115 Å². The highest BCUT2D eigenvalue weighted by Gasteiger charge is 2.32. The van der Waals surface area contributed by atoms with Gasteiger partial charge in [-0.05, 0) is 86.5 Å². The highest BCUT2D eigenvalue weighted by Crippen LogP contribution is 2.28. The van der Waals surface area contributed by atoms with Gasteiger partial charge in [0.2, 0.25) is 11.8 Å². The highest BCUT2D eigenvalue weighted by atomic mass is 32.2. The molecule has 0 unspecified atom stereocenters. The van der Waals surface area contributed by atoms with E-state index in [0.717, 1.165) is 16.3 Å². The summed E-state index contributed by atoms with van der Waals surface area (Å²) in [5.74, 6) is 0.921. The number of sulfonamides is 1. The Hall–Kier alpha value is -4.83. The Bertz CT molecular complexity index is 1650. The molecule has 0 spiro atoms. The third-order valence-electron chi connectivity index (χ3n) is 7.39. The van der Waals surface area contributed by atoms with Crippen LogP contribution in [0.25, 0.3) is 0 Å². The number of amides is 2. The van der Waals surface area contributed by atoms with Crippen molar-refractivity contribution in [1.29, 1.82) is 0 Å². The summed E-state index contributed by atoms with van der Waals surface area (Å²) in [4.78, 5) is 28.8. The quantitative estimate of drug-likeness (QED) is 0.183. The van der Waals surface area contributed by atoms with Crippen molar-refractivity contribution < 1.29 is 27.5 Å². The molecule has 45 heavy (non-hydrogen) atoms. The minimum absolute atomic E-state index is 0.0340. The number of carbonyl (C=O) groups is 2. The van der Waals surface area contributed by atoms with Crippen molar-refractivity contribution >= 4 is 27.5 Å². The van der Waals surface area contributed by atoms with Crippen LogP contribution in [0.1, 0.15) is 32.8 Å². The van der Waals surface area contributed by atoms with Gasteiger partial charge in [-0.15, -0.1) is 0 Å². The molecule has 0 fully saturated rings. The van der Waals surface area contributed by atoms with Crippen LogP contribution >= 0.6 is 0 Å². The van der Waals surface area contributed by atoms with Crippen molar-refractivity contribution in [3.8, 4) is 17.2 Å². The maximum atomic E-state index is 14.1. The van der Waals surface area contributed by atoms with E-state index in [1.54, 1.807) is 68.6 Å². The number of hydrogen-bond donors (Lipinski definition) is 1. The molecule has 10 heteroatoms. The lowest BCUT2D eigenvalue weighted by molar-refractivity contribution is -0.139. The van der Waals surface area contributed by atoms with Gasteiger partial charge in [0.1, 0.15) is 29.8 Å². The first-order valence-corrected chi connectivity index (χ1v) is 16.2. The number of nitrogens with zero attached hydrogens (tertiary/aromatic N) is 2. The van der Waals surface area contributed by atoms with Crippen LogP contribution in [0.3, 0.4) is 0 Å². The lowest BCUT2D eigenvalue weighted by atomic mass is 10.1. The molecule has 236 valence electrons. The zero-order valence-corrected chi connectivity index (χ0v) is 26.7. The molecule has 0 aliphatic heterocycles. The van der Waals surface area contributed by atoms with Gasteiger partial charge in [-0.2, -0.15) is 0 Å². The van der Waals surface area contributed by atoms with Crippen LogP contribution in [0, 0.1) is 0 Å². The van der Waals surface area contributed by atoms with Crippen LogP contribution in [0.2, 0.25) is 0 Å². The van der Waals surface area contributed by atoms with Crippen molar-refractivity contribution in [1.82, 2.24) is 10.2 Å². The highest BCUT2D eigenvalue weighted by molar-refractivity contribution is 7.92. The first kappa shape index (κ1) is 33.1. The van der Waals surface area contributed by atoms with Crippen molar-refractivity contribution in [2.75, 3.05) is 18.0 Å². The summed E-state index contributed by atoms with van der Waals surface area (Å²) in [5, 5.41) is 2.94. The van der Waals surface area contributed by atoms with Crippen LogP contribution < -0.4 is 19.1 Å². The summed E-state index contributed by atoms with van der Waals surface area (Å²) in [6, 6.07) is 29.8. The Morgan fingerprint density at radius 1 is 0.778 bits per heavy atom. The molecule has 0 saturated carbocycles. The molecule has 0 aliphatic rings. The lowest BCUT2D eigenvalue weighted by Gasteiger charge is -2.32. The second-order valence-electron chi connectivity index (χ2n) is 10.6. The summed E-state index contributed by atoms with van der Waals surface area (Å²) in [7, 11) is -2.61. The van der Waals surface area contributed by atoms with Crippen molar-refractivity contribution in [3.63, 3.8) is 0 Å². The maximum Gasteiger partial charge on any atom is 0.264 e. The molecule has 4 aromatic carbocycles. The molecule has 1 N–H and O–H groups in total. The fraction of sp³-hybridized carbons (Fsp3) is 0.257. The van der Waals surface area contributed by atoms with Gasteiger partial charge in [-0.25, -0.2) is 8.42 Å². The Morgan fingerprint density at radius 2 is 1.33 bits per heavy atom. The van der Waals surface area contributed by atoms with Gasteiger partial charge >= 0.3 is 0 Å². The van der Waals surface area contributed by atoms with Gasteiger partial charge in [0, 0.05) is 12.6 Å². The van der Waals surface area contributed by atoms with Crippen LogP contribution in [0.4, 0.5) is 5.69 Å². The number of hydrogen-bond acceptors (Lipinski definition) is 6. The summed E-state index contributed by atoms with van der Waals surface area (Å²) in [6.07, 6.45) is 0.720. The van der Waals surface area contributed by atoms with E-state index in [2.05, 4.69) is 5.32 Å². The average Bonchev–Trinajstić information content (AvgIpc) is 3.07. The van der Waals surface area contributed by atoms with Crippen LogP contribution in [-0.4, -0.2) is 50.9 Å². The van der Waals surface area contributed by atoms with Crippen molar-refractivity contribution in [2.24, 2.45) is 0 Å².